The summed E-state index contributed by atoms with van der Waals surface area (Å²) in [5.41, 5.74) is 4.73. The maximum absolute atomic E-state index is 13.0. The van der Waals surface area contributed by atoms with Crippen molar-refractivity contribution in [2.45, 2.75) is 55.5 Å². The molecule has 21 heavy (non-hydrogen) atoms. The number of hydrogen-bond acceptors (Lipinski definition) is 3. The van der Waals surface area contributed by atoms with Gasteiger partial charge in [0.1, 0.15) is 0 Å². The maximum atomic E-state index is 13.0. The molecule has 0 fully saturated rings. The van der Waals surface area contributed by atoms with Crippen LogP contribution in [0.4, 0.5) is 13.2 Å². The highest BCUT2D eigenvalue weighted by molar-refractivity contribution is 7.92. The van der Waals surface area contributed by atoms with E-state index in [9.17, 15) is 21.6 Å². The first-order valence-corrected chi connectivity index (χ1v) is 8.36. The molecule has 2 N–H and O–H groups in total. The zero-order valence-electron chi connectivity index (χ0n) is 12.0. The summed E-state index contributed by atoms with van der Waals surface area (Å²) in [4.78, 5) is -0.684. The number of alkyl halides is 3. The molecule has 1 aromatic rings. The lowest BCUT2D eigenvalue weighted by Crippen LogP contribution is -2.40. The van der Waals surface area contributed by atoms with Crippen LogP contribution in [0.3, 0.4) is 0 Å². The van der Waals surface area contributed by atoms with E-state index in [1.807, 2.05) is 6.92 Å². The first kappa shape index (κ1) is 18.0. The highest BCUT2D eigenvalue weighted by atomic mass is 32.2. The van der Waals surface area contributed by atoms with E-state index in [2.05, 4.69) is 0 Å². The van der Waals surface area contributed by atoms with E-state index in [4.69, 9.17) is 5.73 Å². The number of sulfone groups is 1. The predicted octanol–water partition coefficient (Wildman–Crippen LogP) is 3.39. The molecule has 1 rings (SSSR count). The molecule has 0 aliphatic rings. The summed E-state index contributed by atoms with van der Waals surface area (Å²) in [7, 11) is -4.13. The van der Waals surface area contributed by atoms with Gasteiger partial charge in [-0.1, -0.05) is 32.4 Å². The molecule has 0 saturated carbocycles. The van der Waals surface area contributed by atoms with Gasteiger partial charge in [-0.05, 0) is 25.0 Å². The van der Waals surface area contributed by atoms with Crippen molar-refractivity contribution in [3.63, 3.8) is 0 Å². The van der Waals surface area contributed by atoms with Gasteiger partial charge in [0.05, 0.1) is 15.7 Å². The third-order valence-corrected chi connectivity index (χ3v) is 5.85. The number of rotatable bonds is 6. The highest BCUT2D eigenvalue weighted by Gasteiger charge is 2.40. The molecular weight excluding hydrogens is 303 g/mol. The van der Waals surface area contributed by atoms with E-state index in [0.29, 0.717) is 12.8 Å². The zero-order chi connectivity index (χ0) is 16.3. The lowest BCUT2D eigenvalue weighted by Gasteiger charge is -2.24. The van der Waals surface area contributed by atoms with Crippen LogP contribution in [0.15, 0.2) is 29.2 Å². The van der Waals surface area contributed by atoms with E-state index in [1.165, 1.54) is 12.1 Å². The van der Waals surface area contributed by atoms with Crippen LogP contribution in [-0.2, 0) is 16.0 Å². The number of benzene rings is 1. The first-order chi connectivity index (χ1) is 9.66. The van der Waals surface area contributed by atoms with Crippen molar-refractivity contribution >= 4 is 9.84 Å². The van der Waals surface area contributed by atoms with E-state index in [0.717, 1.165) is 12.1 Å². The number of halogens is 3. The van der Waals surface area contributed by atoms with Crippen molar-refractivity contribution in [2.75, 3.05) is 0 Å². The topological polar surface area (TPSA) is 60.2 Å². The Bertz CT molecular complexity index is 570. The molecule has 0 amide bonds. The molecule has 2 unspecified atom stereocenters. The third kappa shape index (κ3) is 3.97. The van der Waals surface area contributed by atoms with Crippen molar-refractivity contribution in [2.24, 2.45) is 5.73 Å². The molecule has 1 aromatic carbocycles. The van der Waals surface area contributed by atoms with E-state index in [-0.39, 0.29) is 6.42 Å². The van der Waals surface area contributed by atoms with Crippen LogP contribution >= 0.6 is 0 Å². The Balaban J connectivity index is 3.37. The van der Waals surface area contributed by atoms with Crippen LogP contribution in [0.5, 0.6) is 0 Å². The molecule has 7 heteroatoms. The third-order valence-electron chi connectivity index (χ3n) is 3.40. The van der Waals surface area contributed by atoms with Crippen LogP contribution in [0.25, 0.3) is 0 Å². The van der Waals surface area contributed by atoms with Crippen molar-refractivity contribution < 1.29 is 21.6 Å². The van der Waals surface area contributed by atoms with Crippen LogP contribution in [0.1, 0.15) is 38.7 Å². The zero-order valence-corrected chi connectivity index (χ0v) is 12.8. The summed E-state index contributed by atoms with van der Waals surface area (Å²) in [5.74, 6) is 0. The van der Waals surface area contributed by atoms with Gasteiger partial charge in [0, 0.05) is 6.04 Å². The Labute approximate surface area is 123 Å². The molecule has 0 heterocycles. The van der Waals surface area contributed by atoms with E-state index in [1.54, 1.807) is 6.92 Å². The summed E-state index contributed by atoms with van der Waals surface area (Å²) in [6.07, 6.45) is -3.41. The minimum Gasteiger partial charge on any atom is -0.327 e. The Morgan fingerprint density at radius 1 is 1.19 bits per heavy atom. The van der Waals surface area contributed by atoms with Crippen molar-refractivity contribution in [3.8, 4) is 0 Å². The largest absolute Gasteiger partial charge is 0.417 e. The second-order valence-electron chi connectivity index (χ2n) is 4.94. The Hall–Kier alpha value is -1.08. The second kappa shape index (κ2) is 6.79. The summed E-state index contributed by atoms with van der Waals surface area (Å²) in [6, 6.07) is 3.57. The van der Waals surface area contributed by atoms with Gasteiger partial charge in [-0.15, -0.1) is 0 Å². The minimum absolute atomic E-state index is 0.176. The highest BCUT2D eigenvalue weighted by Crippen LogP contribution is 2.36. The molecule has 120 valence electrons. The summed E-state index contributed by atoms with van der Waals surface area (Å²) in [5, 5.41) is -1.01. The minimum atomic E-state index is -4.71. The Morgan fingerprint density at radius 2 is 1.76 bits per heavy atom. The molecule has 0 spiro atoms. The van der Waals surface area contributed by atoms with Crippen LogP contribution in [-0.4, -0.2) is 19.7 Å². The van der Waals surface area contributed by atoms with Gasteiger partial charge in [0.2, 0.25) is 0 Å². The maximum Gasteiger partial charge on any atom is 0.417 e. The summed E-state index contributed by atoms with van der Waals surface area (Å²) >= 11 is 0. The van der Waals surface area contributed by atoms with Gasteiger partial charge in [-0.2, -0.15) is 13.2 Å². The van der Waals surface area contributed by atoms with Gasteiger partial charge in [0.15, 0.2) is 9.84 Å². The SMILES string of the molecule is CCCC(N)C(CC)S(=O)(=O)c1ccccc1C(F)(F)F. The van der Waals surface area contributed by atoms with Crippen LogP contribution in [0.2, 0.25) is 0 Å². The average Bonchev–Trinajstić information content (AvgIpc) is 2.38. The van der Waals surface area contributed by atoms with Crippen molar-refractivity contribution in [1.29, 1.82) is 0 Å². The molecule has 0 aliphatic heterocycles. The Morgan fingerprint density at radius 3 is 2.24 bits per heavy atom. The monoisotopic (exact) mass is 323 g/mol. The molecule has 0 aliphatic carbocycles. The van der Waals surface area contributed by atoms with Crippen LogP contribution in [0, 0.1) is 0 Å². The number of hydrogen-bond donors (Lipinski definition) is 1. The fraction of sp³-hybridized carbons (Fsp3) is 0.571. The number of nitrogens with two attached hydrogens (primary N) is 1. The first-order valence-electron chi connectivity index (χ1n) is 6.81. The molecule has 0 aromatic heterocycles. The smallest absolute Gasteiger partial charge is 0.327 e. The fourth-order valence-electron chi connectivity index (χ4n) is 2.38. The van der Waals surface area contributed by atoms with Gasteiger partial charge in [-0.3, -0.25) is 0 Å². The van der Waals surface area contributed by atoms with Gasteiger partial charge < -0.3 is 5.73 Å². The van der Waals surface area contributed by atoms with Crippen molar-refractivity contribution in [1.82, 2.24) is 0 Å². The Kier molecular flexibility index (Phi) is 5.81. The molecule has 0 radical (unpaired) electrons. The molecule has 3 nitrogen and oxygen atoms in total. The average molecular weight is 323 g/mol. The molecule has 0 bridgehead atoms. The fourth-order valence-corrected chi connectivity index (χ4v) is 4.50. The lowest BCUT2D eigenvalue weighted by molar-refractivity contribution is -0.139. The van der Waals surface area contributed by atoms with Crippen LogP contribution < -0.4 is 5.73 Å². The van der Waals surface area contributed by atoms with E-state index >= 15 is 0 Å². The predicted molar refractivity (Wildman–Crippen MR) is 75.6 cm³/mol. The van der Waals surface area contributed by atoms with Gasteiger partial charge >= 0.3 is 6.18 Å². The second-order valence-corrected chi connectivity index (χ2v) is 7.07. The standard InChI is InChI=1S/C14H20F3NO2S/c1-3-7-11(18)12(4-2)21(19,20)13-9-6-5-8-10(13)14(15,16)17/h5-6,8-9,11-12H,3-4,7,18H2,1-2H3. The van der Waals surface area contributed by atoms with Gasteiger partial charge in [-0.25, -0.2) is 8.42 Å². The van der Waals surface area contributed by atoms with Gasteiger partial charge in [0.25, 0.3) is 0 Å². The normalized spacial score (nSPS) is 15.7. The molecular formula is C14H20F3NO2S. The summed E-state index contributed by atoms with van der Waals surface area (Å²) < 4.78 is 64.1. The van der Waals surface area contributed by atoms with Crippen molar-refractivity contribution in [3.05, 3.63) is 29.8 Å². The molecule has 0 saturated heterocycles. The summed E-state index contributed by atoms with van der Waals surface area (Å²) in [6.45, 7) is 3.47. The quantitative estimate of drug-likeness (QED) is 0.873. The molecule has 2 atom stereocenters. The van der Waals surface area contributed by atoms with E-state index < -0.39 is 37.8 Å². The lowest BCUT2D eigenvalue weighted by atomic mass is 10.1.